The van der Waals surface area contributed by atoms with Gasteiger partial charge < -0.3 is 9.84 Å². The summed E-state index contributed by atoms with van der Waals surface area (Å²) < 4.78 is 44.7. The van der Waals surface area contributed by atoms with Crippen LogP contribution >= 0.6 is 0 Å². The van der Waals surface area contributed by atoms with Crippen molar-refractivity contribution in [2.75, 3.05) is 14.2 Å². The maximum atomic E-state index is 13.2. The van der Waals surface area contributed by atoms with Crippen molar-refractivity contribution < 1.29 is 27.4 Å². The molecule has 0 spiro atoms. The normalized spacial score (nSPS) is 11.5. The van der Waals surface area contributed by atoms with Gasteiger partial charge in [0, 0.05) is 13.6 Å². The van der Waals surface area contributed by atoms with E-state index in [0.717, 1.165) is 10.4 Å². The lowest BCUT2D eigenvalue weighted by atomic mass is 10.2. The largest absolute Gasteiger partial charge is 0.495 e. The van der Waals surface area contributed by atoms with Crippen molar-refractivity contribution in [2.45, 2.75) is 11.4 Å². The Bertz CT molecular complexity index is 867. The molecule has 0 atom stereocenters. The number of halogens is 1. The molecule has 0 aliphatic heterocycles. The third kappa shape index (κ3) is 3.72. The quantitative estimate of drug-likeness (QED) is 0.862. The second-order valence-corrected chi connectivity index (χ2v) is 7.08. The number of carboxylic acid groups (broad SMARTS) is 1. The molecule has 0 aliphatic rings. The Morgan fingerprint density at radius 3 is 2.54 bits per heavy atom. The van der Waals surface area contributed by atoms with Crippen molar-refractivity contribution in [3.8, 4) is 5.75 Å². The first-order chi connectivity index (χ1) is 11.3. The standard InChI is InChI=1S/C16H16FNO5S/c1-18(10-11-4-3-5-13(17)8-11)24(21,22)15-9-12(16(19)20)6-7-14(15)23-2/h3-9H,10H2,1-2H3,(H,19,20). The molecule has 0 heterocycles. The summed E-state index contributed by atoms with van der Waals surface area (Å²) in [6, 6.07) is 9.16. The van der Waals surface area contributed by atoms with Gasteiger partial charge in [-0.3, -0.25) is 0 Å². The van der Waals surface area contributed by atoms with Gasteiger partial charge in [0.15, 0.2) is 0 Å². The molecule has 0 unspecified atom stereocenters. The first kappa shape index (κ1) is 17.9. The molecule has 8 heteroatoms. The fourth-order valence-corrected chi connectivity index (χ4v) is 3.49. The van der Waals surface area contributed by atoms with Crippen LogP contribution in [0.4, 0.5) is 4.39 Å². The molecule has 2 aromatic rings. The minimum Gasteiger partial charge on any atom is -0.495 e. The number of hydrogen-bond donors (Lipinski definition) is 1. The van der Waals surface area contributed by atoms with E-state index in [-0.39, 0.29) is 22.8 Å². The number of aromatic carboxylic acids is 1. The average Bonchev–Trinajstić information content (AvgIpc) is 2.54. The third-order valence-corrected chi connectivity index (χ3v) is 5.22. The monoisotopic (exact) mass is 353 g/mol. The van der Waals surface area contributed by atoms with Gasteiger partial charge in [-0.15, -0.1) is 0 Å². The van der Waals surface area contributed by atoms with Crippen LogP contribution < -0.4 is 4.74 Å². The molecule has 128 valence electrons. The van der Waals surface area contributed by atoms with Crippen LogP contribution in [0.1, 0.15) is 15.9 Å². The van der Waals surface area contributed by atoms with Crippen molar-refractivity contribution >= 4 is 16.0 Å². The number of nitrogens with zero attached hydrogens (tertiary/aromatic N) is 1. The number of carbonyl (C=O) groups is 1. The molecule has 2 rings (SSSR count). The summed E-state index contributed by atoms with van der Waals surface area (Å²) in [6.45, 7) is -0.0689. The molecule has 0 aromatic heterocycles. The Balaban J connectivity index is 2.41. The van der Waals surface area contributed by atoms with Gasteiger partial charge in [0.2, 0.25) is 10.0 Å². The van der Waals surface area contributed by atoms with E-state index in [4.69, 9.17) is 9.84 Å². The maximum Gasteiger partial charge on any atom is 0.335 e. The highest BCUT2D eigenvalue weighted by atomic mass is 32.2. The first-order valence-electron chi connectivity index (χ1n) is 6.88. The molecule has 0 amide bonds. The van der Waals surface area contributed by atoms with Gasteiger partial charge in [0.1, 0.15) is 16.5 Å². The number of ether oxygens (including phenoxy) is 1. The molecular formula is C16H16FNO5S. The molecule has 1 N–H and O–H groups in total. The Morgan fingerprint density at radius 2 is 1.96 bits per heavy atom. The van der Waals surface area contributed by atoms with Gasteiger partial charge in [-0.05, 0) is 35.9 Å². The van der Waals surface area contributed by atoms with Crippen LogP contribution in [0, 0.1) is 5.82 Å². The minimum atomic E-state index is -4.03. The number of benzene rings is 2. The van der Waals surface area contributed by atoms with Gasteiger partial charge in [-0.1, -0.05) is 12.1 Å². The van der Waals surface area contributed by atoms with E-state index >= 15 is 0 Å². The lowest BCUT2D eigenvalue weighted by molar-refractivity contribution is 0.0696. The summed E-state index contributed by atoms with van der Waals surface area (Å²) in [5, 5.41) is 9.05. The molecule has 24 heavy (non-hydrogen) atoms. The van der Waals surface area contributed by atoms with Gasteiger partial charge in [0.05, 0.1) is 12.7 Å². The molecule has 0 saturated heterocycles. The Morgan fingerprint density at radius 1 is 1.25 bits per heavy atom. The van der Waals surface area contributed by atoms with E-state index in [2.05, 4.69) is 0 Å². The Labute approximate surface area is 139 Å². The van der Waals surface area contributed by atoms with E-state index in [0.29, 0.717) is 5.56 Å². The summed E-state index contributed by atoms with van der Waals surface area (Å²) in [5.74, 6) is -1.68. The van der Waals surface area contributed by atoms with Crippen molar-refractivity contribution in [3.63, 3.8) is 0 Å². The second-order valence-electron chi connectivity index (χ2n) is 5.06. The van der Waals surface area contributed by atoms with Crippen molar-refractivity contribution in [1.82, 2.24) is 4.31 Å². The molecule has 2 aromatic carbocycles. The van der Waals surface area contributed by atoms with Crippen LogP contribution in [-0.4, -0.2) is 38.0 Å². The zero-order valence-corrected chi connectivity index (χ0v) is 13.9. The lowest BCUT2D eigenvalue weighted by Gasteiger charge is -2.19. The zero-order chi connectivity index (χ0) is 17.9. The van der Waals surface area contributed by atoms with E-state index in [1.807, 2.05) is 0 Å². The number of rotatable bonds is 6. The van der Waals surface area contributed by atoms with Crippen molar-refractivity contribution in [1.29, 1.82) is 0 Å². The highest BCUT2D eigenvalue weighted by molar-refractivity contribution is 7.89. The van der Waals surface area contributed by atoms with Crippen LogP contribution in [0.3, 0.4) is 0 Å². The van der Waals surface area contributed by atoms with E-state index in [1.165, 1.54) is 44.5 Å². The molecule has 0 bridgehead atoms. The number of hydrogen-bond acceptors (Lipinski definition) is 4. The van der Waals surface area contributed by atoms with Crippen molar-refractivity contribution in [2.24, 2.45) is 0 Å². The molecule has 0 aliphatic carbocycles. The van der Waals surface area contributed by atoms with E-state index < -0.39 is 21.8 Å². The van der Waals surface area contributed by atoms with Gasteiger partial charge in [-0.25, -0.2) is 17.6 Å². The van der Waals surface area contributed by atoms with Crippen LogP contribution in [0.25, 0.3) is 0 Å². The number of methoxy groups -OCH3 is 1. The smallest absolute Gasteiger partial charge is 0.335 e. The predicted octanol–water partition coefficient (Wildman–Crippen LogP) is 2.35. The summed E-state index contributed by atoms with van der Waals surface area (Å²) in [5.41, 5.74) is 0.294. The summed E-state index contributed by atoms with van der Waals surface area (Å²) in [7, 11) is -1.41. The summed E-state index contributed by atoms with van der Waals surface area (Å²) in [4.78, 5) is 10.8. The average molecular weight is 353 g/mol. The highest BCUT2D eigenvalue weighted by Crippen LogP contribution is 2.28. The first-order valence-corrected chi connectivity index (χ1v) is 8.32. The molecule has 0 radical (unpaired) electrons. The summed E-state index contributed by atoms with van der Waals surface area (Å²) in [6.07, 6.45) is 0. The van der Waals surface area contributed by atoms with Crippen LogP contribution in [0.5, 0.6) is 5.75 Å². The molecule has 0 saturated carbocycles. The van der Waals surface area contributed by atoms with Gasteiger partial charge in [-0.2, -0.15) is 4.31 Å². The molecule has 0 fully saturated rings. The maximum absolute atomic E-state index is 13.2. The minimum absolute atomic E-state index is 0.0334. The molecule has 6 nitrogen and oxygen atoms in total. The third-order valence-electron chi connectivity index (χ3n) is 3.39. The Hall–Kier alpha value is -2.45. The van der Waals surface area contributed by atoms with E-state index in [9.17, 15) is 17.6 Å². The van der Waals surface area contributed by atoms with Crippen LogP contribution in [0.2, 0.25) is 0 Å². The van der Waals surface area contributed by atoms with Crippen molar-refractivity contribution in [3.05, 3.63) is 59.4 Å². The zero-order valence-electron chi connectivity index (χ0n) is 13.1. The number of sulfonamides is 1. The Kier molecular flexibility index (Phi) is 5.20. The van der Waals surface area contributed by atoms with E-state index in [1.54, 1.807) is 6.07 Å². The predicted molar refractivity (Wildman–Crippen MR) is 85.0 cm³/mol. The highest BCUT2D eigenvalue weighted by Gasteiger charge is 2.26. The fourth-order valence-electron chi connectivity index (χ4n) is 2.16. The lowest BCUT2D eigenvalue weighted by Crippen LogP contribution is -2.27. The van der Waals surface area contributed by atoms with Gasteiger partial charge in [0.25, 0.3) is 0 Å². The van der Waals surface area contributed by atoms with Crippen LogP contribution in [-0.2, 0) is 16.6 Å². The van der Waals surface area contributed by atoms with Gasteiger partial charge >= 0.3 is 5.97 Å². The second kappa shape index (κ2) is 6.98. The SMILES string of the molecule is COc1ccc(C(=O)O)cc1S(=O)(=O)N(C)Cc1cccc(F)c1. The fraction of sp³-hybridized carbons (Fsp3) is 0.188. The summed E-state index contributed by atoms with van der Waals surface area (Å²) >= 11 is 0. The molecular weight excluding hydrogens is 337 g/mol. The van der Waals surface area contributed by atoms with Crippen LogP contribution in [0.15, 0.2) is 47.4 Å². The number of carboxylic acids is 1. The topological polar surface area (TPSA) is 83.9 Å².